The van der Waals surface area contributed by atoms with Crippen LogP contribution in [0.25, 0.3) is 0 Å². The van der Waals surface area contributed by atoms with Crippen LogP contribution < -0.4 is 15.2 Å². The molecule has 0 spiro atoms. The Hall–Kier alpha value is -1.45. The van der Waals surface area contributed by atoms with Crippen LogP contribution >= 0.6 is 0 Å². The number of methoxy groups -OCH3 is 1. The highest BCUT2D eigenvalue weighted by Gasteiger charge is 2.25. The van der Waals surface area contributed by atoms with E-state index in [-0.39, 0.29) is 0 Å². The molecule has 4 nitrogen and oxygen atoms in total. The fourth-order valence-electron chi connectivity index (χ4n) is 1.04. The Balaban J connectivity index is 2.21. The van der Waals surface area contributed by atoms with Gasteiger partial charge >= 0.3 is 0 Å². The van der Waals surface area contributed by atoms with E-state index in [4.69, 9.17) is 15.2 Å². The first-order valence-corrected chi connectivity index (χ1v) is 4.27. The van der Waals surface area contributed by atoms with Gasteiger partial charge in [-0.1, -0.05) is 0 Å². The van der Waals surface area contributed by atoms with Gasteiger partial charge in [-0.3, -0.25) is 0 Å². The third kappa shape index (κ3) is 1.83. The summed E-state index contributed by atoms with van der Waals surface area (Å²) in [7, 11) is 1.56. The summed E-state index contributed by atoms with van der Waals surface area (Å²) in [5, 5.41) is 0. The van der Waals surface area contributed by atoms with Crippen molar-refractivity contribution in [3.63, 3.8) is 0 Å². The molecular formula is C9H12N2O2. The highest BCUT2D eigenvalue weighted by molar-refractivity contribution is 5.42. The van der Waals surface area contributed by atoms with E-state index >= 15 is 0 Å². The van der Waals surface area contributed by atoms with E-state index in [0.717, 1.165) is 12.8 Å². The summed E-state index contributed by atoms with van der Waals surface area (Å²) in [5.74, 6) is 1.59. The van der Waals surface area contributed by atoms with E-state index in [9.17, 15) is 0 Å². The van der Waals surface area contributed by atoms with Crippen LogP contribution in [0.4, 0.5) is 5.82 Å². The maximum atomic E-state index is 5.56. The highest BCUT2D eigenvalue weighted by atomic mass is 16.5. The SMILES string of the molecule is COc1nc(N)ccc1OC1CC1. The zero-order valence-electron chi connectivity index (χ0n) is 7.49. The molecule has 0 amide bonds. The molecule has 4 heteroatoms. The van der Waals surface area contributed by atoms with Gasteiger partial charge in [-0.2, -0.15) is 4.98 Å². The van der Waals surface area contributed by atoms with Crippen molar-refractivity contribution in [2.24, 2.45) is 0 Å². The minimum absolute atomic E-state index is 0.347. The average molecular weight is 180 g/mol. The summed E-state index contributed by atoms with van der Waals surface area (Å²) >= 11 is 0. The van der Waals surface area contributed by atoms with Crippen molar-refractivity contribution < 1.29 is 9.47 Å². The second kappa shape index (κ2) is 3.12. The molecule has 1 aromatic heterocycles. The Morgan fingerprint density at radius 3 is 2.85 bits per heavy atom. The first kappa shape index (κ1) is 8.16. The lowest BCUT2D eigenvalue weighted by Crippen LogP contribution is -2.01. The molecule has 0 radical (unpaired) electrons. The van der Waals surface area contributed by atoms with Crippen LogP contribution in [-0.4, -0.2) is 18.2 Å². The summed E-state index contributed by atoms with van der Waals surface area (Å²) in [6.07, 6.45) is 2.58. The number of nitrogens with two attached hydrogens (primary N) is 1. The Bertz CT molecular complexity index is 310. The molecule has 70 valence electrons. The summed E-state index contributed by atoms with van der Waals surface area (Å²) in [5.41, 5.74) is 5.50. The number of hydrogen-bond donors (Lipinski definition) is 1. The molecule has 2 N–H and O–H groups in total. The molecule has 1 aromatic rings. The Kier molecular flexibility index (Phi) is 1.96. The summed E-state index contributed by atoms with van der Waals surface area (Å²) in [6.45, 7) is 0. The van der Waals surface area contributed by atoms with Gasteiger partial charge in [-0.15, -0.1) is 0 Å². The molecule has 0 unspecified atom stereocenters. The molecule has 0 atom stereocenters. The molecule has 1 saturated carbocycles. The van der Waals surface area contributed by atoms with Gasteiger partial charge in [0.05, 0.1) is 13.2 Å². The predicted octanol–water partition coefficient (Wildman–Crippen LogP) is 1.21. The van der Waals surface area contributed by atoms with E-state index in [2.05, 4.69) is 4.98 Å². The number of anilines is 1. The molecule has 0 bridgehead atoms. The maximum absolute atomic E-state index is 5.56. The minimum atomic E-state index is 0.347. The fourth-order valence-corrected chi connectivity index (χ4v) is 1.04. The van der Waals surface area contributed by atoms with E-state index in [1.54, 1.807) is 19.2 Å². The molecule has 0 saturated heterocycles. The van der Waals surface area contributed by atoms with Gasteiger partial charge in [0, 0.05) is 0 Å². The lowest BCUT2D eigenvalue weighted by molar-refractivity contribution is 0.277. The third-order valence-electron chi connectivity index (χ3n) is 1.86. The van der Waals surface area contributed by atoms with Gasteiger partial charge in [0.1, 0.15) is 5.82 Å². The summed E-state index contributed by atoms with van der Waals surface area (Å²) in [6, 6.07) is 3.50. The first-order valence-electron chi connectivity index (χ1n) is 4.27. The van der Waals surface area contributed by atoms with Crippen LogP contribution in [0, 0.1) is 0 Å². The Morgan fingerprint density at radius 2 is 2.23 bits per heavy atom. The lowest BCUT2D eigenvalue weighted by atomic mass is 10.4. The van der Waals surface area contributed by atoms with Gasteiger partial charge in [0.15, 0.2) is 5.75 Å². The summed E-state index contributed by atoms with van der Waals surface area (Å²) < 4.78 is 10.6. The summed E-state index contributed by atoms with van der Waals surface area (Å²) in [4.78, 5) is 4.00. The number of ether oxygens (including phenoxy) is 2. The third-order valence-corrected chi connectivity index (χ3v) is 1.86. The van der Waals surface area contributed by atoms with Crippen LogP contribution in [0.15, 0.2) is 12.1 Å². The monoisotopic (exact) mass is 180 g/mol. The van der Waals surface area contributed by atoms with Gasteiger partial charge in [0.25, 0.3) is 5.88 Å². The number of pyridine rings is 1. The van der Waals surface area contributed by atoms with Gasteiger partial charge in [0.2, 0.25) is 0 Å². The van der Waals surface area contributed by atoms with Gasteiger partial charge in [-0.25, -0.2) is 0 Å². The molecule has 0 aliphatic heterocycles. The lowest BCUT2D eigenvalue weighted by Gasteiger charge is -2.08. The molecule has 0 aromatic carbocycles. The quantitative estimate of drug-likeness (QED) is 0.759. The van der Waals surface area contributed by atoms with Crippen molar-refractivity contribution in [3.8, 4) is 11.6 Å². The molecule has 1 aliphatic carbocycles. The fraction of sp³-hybridized carbons (Fsp3) is 0.444. The highest BCUT2D eigenvalue weighted by Crippen LogP contribution is 2.32. The second-order valence-corrected chi connectivity index (χ2v) is 3.06. The first-order chi connectivity index (χ1) is 6.29. The normalized spacial score (nSPS) is 15.5. The van der Waals surface area contributed by atoms with Crippen molar-refractivity contribution in [2.75, 3.05) is 12.8 Å². The van der Waals surface area contributed by atoms with Crippen LogP contribution in [0.5, 0.6) is 11.6 Å². The number of rotatable bonds is 3. The van der Waals surface area contributed by atoms with Crippen molar-refractivity contribution in [3.05, 3.63) is 12.1 Å². The van der Waals surface area contributed by atoms with Crippen molar-refractivity contribution in [2.45, 2.75) is 18.9 Å². The van der Waals surface area contributed by atoms with E-state index in [0.29, 0.717) is 23.6 Å². The number of nitrogens with zero attached hydrogens (tertiary/aromatic N) is 1. The van der Waals surface area contributed by atoms with Crippen molar-refractivity contribution in [1.29, 1.82) is 0 Å². The average Bonchev–Trinajstić information content (AvgIpc) is 2.92. The second-order valence-electron chi connectivity index (χ2n) is 3.06. The molecule has 2 rings (SSSR count). The predicted molar refractivity (Wildman–Crippen MR) is 48.9 cm³/mol. The van der Waals surface area contributed by atoms with Crippen LogP contribution in [0.2, 0.25) is 0 Å². The standard InChI is InChI=1S/C9H12N2O2/c1-12-9-7(13-6-2-3-6)4-5-8(10)11-9/h4-6H,2-3H2,1H3,(H2,10,11). The van der Waals surface area contributed by atoms with Crippen LogP contribution in [-0.2, 0) is 0 Å². The Labute approximate surface area is 76.7 Å². The zero-order chi connectivity index (χ0) is 9.26. The van der Waals surface area contributed by atoms with Crippen LogP contribution in [0.3, 0.4) is 0 Å². The number of aromatic nitrogens is 1. The van der Waals surface area contributed by atoms with E-state index < -0.39 is 0 Å². The van der Waals surface area contributed by atoms with Crippen molar-refractivity contribution >= 4 is 5.82 Å². The maximum Gasteiger partial charge on any atom is 0.258 e. The van der Waals surface area contributed by atoms with Crippen LogP contribution in [0.1, 0.15) is 12.8 Å². The molecular weight excluding hydrogens is 168 g/mol. The molecule has 1 heterocycles. The largest absolute Gasteiger partial charge is 0.485 e. The van der Waals surface area contributed by atoms with Crippen molar-refractivity contribution in [1.82, 2.24) is 4.98 Å². The van der Waals surface area contributed by atoms with E-state index in [1.807, 2.05) is 0 Å². The van der Waals surface area contributed by atoms with Gasteiger partial charge in [-0.05, 0) is 25.0 Å². The Morgan fingerprint density at radius 1 is 1.46 bits per heavy atom. The van der Waals surface area contributed by atoms with E-state index in [1.165, 1.54) is 0 Å². The molecule has 1 aliphatic rings. The number of hydrogen-bond acceptors (Lipinski definition) is 4. The zero-order valence-corrected chi connectivity index (χ0v) is 7.49. The minimum Gasteiger partial charge on any atom is -0.485 e. The van der Waals surface area contributed by atoms with Gasteiger partial charge < -0.3 is 15.2 Å². The number of nitrogen functional groups attached to an aromatic ring is 1. The molecule has 1 fully saturated rings. The topological polar surface area (TPSA) is 57.4 Å². The molecule has 13 heavy (non-hydrogen) atoms. The smallest absolute Gasteiger partial charge is 0.258 e.